The molecular weight excluding hydrogens is 338 g/mol. The van der Waals surface area contributed by atoms with Gasteiger partial charge in [0.1, 0.15) is 0 Å². The van der Waals surface area contributed by atoms with E-state index in [0.29, 0.717) is 5.69 Å². The Morgan fingerprint density at radius 2 is 2.07 bits per heavy atom. The highest BCUT2D eigenvalue weighted by Gasteiger charge is 2.25. The molecule has 0 saturated carbocycles. The van der Waals surface area contributed by atoms with E-state index in [1.807, 2.05) is 12.1 Å². The van der Waals surface area contributed by atoms with Crippen molar-refractivity contribution in [3.05, 3.63) is 81.9 Å². The van der Waals surface area contributed by atoms with Gasteiger partial charge in [0.15, 0.2) is 5.69 Å². The third kappa shape index (κ3) is 3.48. The van der Waals surface area contributed by atoms with Gasteiger partial charge >= 0.3 is 0 Å². The van der Waals surface area contributed by atoms with Gasteiger partial charge < -0.3 is 10.6 Å². The molecule has 3 aromatic rings. The second-order valence-corrected chi connectivity index (χ2v) is 6.99. The molecule has 2 aromatic heterocycles. The Morgan fingerprint density at radius 3 is 2.85 bits per heavy atom. The van der Waals surface area contributed by atoms with Crippen LogP contribution in [0.2, 0.25) is 0 Å². The van der Waals surface area contributed by atoms with Crippen molar-refractivity contribution in [2.75, 3.05) is 6.54 Å². The van der Waals surface area contributed by atoms with Crippen molar-refractivity contribution in [3.8, 4) is 0 Å². The Hall–Kier alpha value is -2.99. The summed E-state index contributed by atoms with van der Waals surface area (Å²) >= 11 is 0. The average Bonchev–Trinajstić information content (AvgIpc) is 3.13. The van der Waals surface area contributed by atoms with E-state index >= 15 is 0 Å². The van der Waals surface area contributed by atoms with E-state index in [-0.39, 0.29) is 11.9 Å². The number of aromatic nitrogens is 3. The molecule has 6 heteroatoms. The van der Waals surface area contributed by atoms with Crippen LogP contribution in [0.5, 0.6) is 0 Å². The van der Waals surface area contributed by atoms with E-state index in [1.165, 1.54) is 11.1 Å². The van der Waals surface area contributed by atoms with Crippen molar-refractivity contribution in [2.24, 2.45) is 0 Å². The molecule has 1 aromatic carbocycles. The molecule has 0 aliphatic carbocycles. The molecule has 3 N–H and O–H groups in total. The van der Waals surface area contributed by atoms with Crippen LogP contribution < -0.4 is 10.6 Å². The maximum atomic E-state index is 13.1. The molecule has 1 unspecified atom stereocenters. The normalized spacial score (nSPS) is 14.4. The monoisotopic (exact) mass is 361 g/mol. The van der Waals surface area contributed by atoms with Crippen molar-refractivity contribution in [3.63, 3.8) is 0 Å². The van der Waals surface area contributed by atoms with Crippen molar-refractivity contribution in [1.29, 1.82) is 0 Å². The van der Waals surface area contributed by atoms with Gasteiger partial charge in [0.25, 0.3) is 5.91 Å². The summed E-state index contributed by atoms with van der Waals surface area (Å²) in [6.45, 7) is 5.74. The van der Waals surface area contributed by atoms with Gasteiger partial charge in [0.05, 0.1) is 11.7 Å². The van der Waals surface area contributed by atoms with E-state index in [9.17, 15) is 4.79 Å². The summed E-state index contributed by atoms with van der Waals surface area (Å²) in [4.78, 5) is 17.3. The van der Waals surface area contributed by atoms with Gasteiger partial charge in [0, 0.05) is 24.5 Å². The lowest BCUT2D eigenvalue weighted by atomic mass is 9.96. The first kappa shape index (κ1) is 17.4. The first-order valence-corrected chi connectivity index (χ1v) is 9.18. The Kier molecular flexibility index (Phi) is 4.73. The number of amides is 1. The number of hydrogen-bond acceptors (Lipinski definition) is 4. The topological polar surface area (TPSA) is 82.7 Å². The van der Waals surface area contributed by atoms with E-state index in [2.05, 4.69) is 57.9 Å². The number of rotatable bonds is 4. The molecule has 0 bridgehead atoms. The van der Waals surface area contributed by atoms with E-state index < -0.39 is 0 Å². The van der Waals surface area contributed by atoms with Gasteiger partial charge in [-0.2, -0.15) is 5.10 Å². The van der Waals surface area contributed by atoms with Crippen LogP contribution in [0, 0.1) is 13.8 Å². The van der Waals surface area contributed by atoms with Crippen LogP contribution >= 0.6 is 0 Å². The third-order valence-electron chi connectivity index (χ3n) is 5.18. The molecule has 6 nitrogen and oxygen atoms in total. The molecule has 0 radical (unpaired) electrons. The van der Waals surface area contributed by atoms with Gasteiger partial charge in [-0.05, 0) is 55.1 Å². The summed E-state index contributed by atoms with van der Waals surface area (Å²) in [6, 6.07) is 9.86. The number of hydrogen-bond donors (Lipinski definition) is 3. The zero-order valence-corrected chi connectivity index (χ0v) is 15.5. The lowest BCUT2D eigenvalue weighted by Crippen LogP contribution is -2.31. The summed E-state index contributed by atoms with van der Waals surface area (Å²) in [5.41, 5.74) is 6.89. The van der Waals surface area contributed by atoms with Crippen LogP contribution in [-0.2, 0) is 13.0 Å². The largest absolute Gasteiger partial charge is 0.340 e. The van der Waals surface area contributed by atoms with E-state index in [0.717, 1.165) is 41.9 Å². The maximum Gasteiger partial charge on any atom is 0.272 e. The number of pyridine rings is 1. The van der Waals surface area contributed by atoms with Crippen LogP contribution in [-0.4, -0.2) is 27.6 Å². The second kappa shape index (κ2) is 7.32. The van der Waals surface area contributed by atoms with Crippen LogP contribution in [0.3, 0.4) is 0 Å². The number of aromatic amines is 1. The molecule has 27 heavy (non-hydrogen) atoms. The smallest absolute Gasteiger partial charge is 0.272 e. The van der Waals surface area contributed by atoms with Crippen LogP contribution in [0.1, 0.15) is 50.0 Å². The lowest BCUT2D eigenvalue weighted by Gasteiger charge is -2.21. The Labute approximate surface area is 158 Å². The number of carbonyl (C=O) groups is 1. The maximum absolute atomic E-state index is 13.1. The summed E-state index contributed by atoms with van der Waals surface area (Å²) in [7, 11) is 0. The summed E-state index contributed by atoms with van der Waals surface area (Å²) in [5.74, 6) is -0.165. The average molecular weight is 361 g/mol. The lowest BCUT2D eigenvalue weighted by molar-refractivity contribution is 0.0937. The molecule has 0 fully saturated rings. The molecular formula is C21H23N5O. The van der Waals surface area contributed by atoms with Crippen molar-refractivity contribution >= 4 is 5.91 Å². The Bertz CT molecular complexity index is 964. The van der Waals surface area contributed by atoms with Gasteiger partial charge in [-0.3, -0.25) is 14.9 Å². The summed E-state index contributed by atoms with van der Waals surface area (Å²) < 4.78 is 0. The van der Waals surface area contributed by atoms with Gasteiger partial charge in [-0.15, -0.1) is 0 Å². The number of H-pyrrole nitrogens is 1. The number of fused-ring (bicyclic) bond motifs is 1. The van der Waals surface area contributed by atoms with Crippen molar-refractivity contribution in [2.45, 2.75) is 32.9 Å². The zero-order chi connectivity index (χ0) is 18.8. The van der Waals surface area contributed by atoms with Gasteiger partial charge in [0.2, 0.25) is 0 Å². The molecule has 1 amide bonds. The van der Waals surface area contributed by atoms with Crippen molar-refractivity contribution < 1.29 is 4.79 Å². The molecule has 1 aliphatic rings. The SMILES string of the molecule is Cc1ccc(C(NC(=O)c2n[nH]c3c2CCNC3)c2cccnc2)cc1C. The standard InChI is InChI=1S/C21H23N5O/c1-13-5-6-15(10-14(13)2)19(16-4-3-8-22-11-16)24-21(27)20-17-7-9-23-12-18(17)25-26-20/h3-6,8,10-11,19,23H,7,9,12H2,1-2H3,(H,24,27)(H,25,26). The highest BCUT2D eigenvalue weighted by atomic mass is 16.2. The van der Waals surface area contributed by atoms with Crippen LogP contribution in [0.25, 0.3) is 0 Å². The fourth-order valence-electron chi connectivity index (χ4n) is 3.48. The molecule has 1 aliphatic heterocycles. The fourth-order valence-corrected chi connectivity index (χ4v) is 3.48. The van der Waals surface area contributed by atoms with E-state index in [1.54, 1.807) is 12.4 Å². The number of nitrogens with one attached hydrogen (secondary N) is 3. The predicted octanol–water partition coefficient (Wildman–Crippen LogP) is 2.59. The van der Waals surface area contributed by atoms with Gasteiger partial charge in [-0.1, -0.05) is 24.3 Å². The minimum Gasteiger partial charge on any atom is -0.340 e. The molecule has 3 heterocycles. The van der Waals surface area contributed by atoms with E-state index in [4.69, 9.17) is 0 Å². The molecule has 138 valence electrons. The first-order valence-electron chi connectivity index (χ1n) is 9.18. The Morgan fingerprint density at radius 1 is 1.19 bits per heavy atom. The predicted molar refractivity (Wildman–Crippen MR) is 103 cm³/mol. The van der Waals surface area contributed by atoms with Gasteiger partial charge in [-0.25, -0.2) is 0 Å². The third-order valence-corrected chi connectivity index (χ3v) is 5.18. The fraction of sp³-hybridized carbons (Fsp3) is 0.286. The number of nitrogens with zero attached hydrogens (tertiary/aromatic N) is 2. The summed E-state index contributed by atoms with van der Waals surface area (Å²) in [6.07, 6.45) is 4.33. The minimum atomic E-state index is -0.278. The number of aryl methyl sites for hydroxylation is 2. The Balaban J connectivity index is 1.68. The van der Waals surface area contributed by atoms with Crippen LogP contribution in [0.4, 0.5) is 0 Å². The molecule has 4 rings (SSSR count). The quantitative estimate of drug-likeness (QED) is 0.667. The highest BCUT2D eigenvalue weighted by molar-refractivity contribution is 5.94. The molecule has 1 atom stereocenters. The molecule has 0 saturated heterocycles. The second-order valence-electron chi connectivity index (χ2n) is 6.99. The summed E-state index contributed by atoms with van der Waals surface area (Å²) in [5, 5.41) is 13.7. The highest BCUT2D eigenvalue weighted by Crippen LogP contribution is 2.25. The van der Waals surface area contributed by atoms with Crippen molar-refractivity contribution in [1.82, 2.24) is 25.8 Å². The zero-order valence-electron chi connectivity index (χ0n) is 15.5. The van der Waals surface area contributed by atoms with Crippen LogP contribution in [0.15, 0.2) is 42.7 Å². The molecule has 0 spiro atoms. The first-order chi connectivity index (χ1) is 13.1. The minimum absolute atomic E-state index is 0.165. The number of carbonyl (C=O) groups excluding carboxylic acids is 1. The number of benzene rings is 1.